The number of unbranched alkanes of at least 4 members (excludes halogenated alkanes) is 1. The minimum Gasteiger partial charge on any atom is -0.126 e. The predicted molar refractivity (Wildman–Crippen MR) is 72.7 cm³/mol. The molecule has 84 valence electrons. The van der Waals surface area contributed by atoms with Crippen molar-refractivity contribution in [2.24, 2.45) is 0 Å². The molecular weight excluding hydrogens is 220 g/mol. The molecule has 2 heteroatoms. The molecule has 0 aliphatic heterocycles. The molecule has 1 aromatic carbocycles. The van der Waals surface area contributed by atoms with Crippen LogP contribution in [0.5, 0.6) is 0 Å². The Labute approximate surface area is 99.7 Å². The lowest BCUT2D eigenvalue weighted by Gasteiger charge is -2.28. The average molecular weight is 241 g/mol. The van der Waals surface area contributed by atoms with Crippen LogP contribution in [0, 0.1) is 0 Å². The number of hydrogen-bond acceptors (Lipinski definition) is 0. The third kappa shape index (κ3) is 3.35. The molecule has 0 aliphatic rings. The molecule has 0 spiro atoms. The smallest absolute Gasteiger partial charge is 0.0997 e. The van der Waals surface area contributed by atoms with E-state index in [1.807, 2.05) is 0 Å². The van der Waals surface area contributed by atoms with E-state index in [9.17, 15) is 0 Å². The Balaban J connectivity index is 2.73. The summed E-state index contributed by atoms with van der Waals surface area (Å²) in [5, 5.41) is 1.83. The van der Waals surface area contributed by atoms with Gasteiger partial charge in [-0.2, -0.15) is 0 Å². The average Bonchev–Trinajstić information content (AvgIpc) is 2.27. The fourth-order valence-electron chi connectivity index (χ4n) is 1.79. The summed E-state index contributed by atoms with van der Waals surface area (Å²) in [6.07, 6.45) is 3.64. The van der Waals surface area contributed by atoms with Crippen molar-refractivity contribution in [1.82, 2.24) is 0 Å². The monoisotopic (exact) mass is 240 g/mol. The fourth-order valence-corrected chi connectivity index (χ4v) is 4.66. The van der Waals surface area contributed by atoms with Crippen LogP contribution in [0.25, 0.3) is 0 Å². The highest BCUT2D eigenvalue weighted by Crippen LogP contribution is 2.20. The van der Waals surface area contributed by atoms with E-state index in [-0.39, 0.29) is 0 Å². The lowest BCUT2D eigenvalue weighted by Crippen LogP contribution is -2.50. The van der Waals surface area contributed by atoms with Crippen molar-refractivity contribution in [2.75, 3.05) is 0 Å². The Morgan fingerprint density at radius 1 is 1.20 bits per heavy atom. The topological polar surface area (TPSA) is 0 Å². The van der Waals surface area contributed by atoms with Gasteiger partial charge in [0.05, 0.1) is 8.07 Å². The lowest BCUT2D eigenvalue weighted by atomic mass is 10.3. The highest BCUT2D eigenvalue weighted by atomic mass is 35.5. The van der Waals surface area contributed by atoms with Crippen LogP contribution in [0.3, 0.4) is 0 Å². The molecule has 0 saturated heterocycles. The van der Waals surface area contributed by atoms with Gasteiger partial charge >= 0.3 is 0 Å². The van der Waals surface area contributed by atoms with Crippen LogP contribution in [0.1, 0.15) is 26.2 Å². The largest absolute Gasteiger partial charge is 0.126 e. The summed E-state index contributed by atoms with van der Waals surface area (Å²) >= 11 is 6.55. The highest BCUT2D eigenvalue weighted by molar-refractivity contribution is 6.95. The van der Waals surface area contributed by atoms with Crippen LogP contribution in [-0.4, -0.2) is 13.1 Å². The van der Waals surface area contributed by atoms with E-state index in [1.54, 1.807) is 0 Å². The Kier molecular flexibility index (Phi) is 4.87. The first-order valence-corrected chi connectivity index (χ1v) is 9.30. The molecule has 0 radical (unpaired) electrons. The molecule has 0 bridgehead atoms. The van der Waals surface area contributed by atoms with Crippen molar-refractivity contribution in [2.45, 2.75) is 44.3 Å². The summed E-state index contributed by atoms with van der Waals surface area (Å²) in [4.78, 5) is 0. The van der Waals surface area contributed by atoms with Crippen molar-refractivity contribution in [3.63, 3.8) is 0 Å². The van der Waals surface area contributed by atoms with Gasteiger partial charge in [0.2, 0.25) is 0 Å². The van der Waals surface area contributed by atoms with E-state index in [2.05, 4.69) is 50.3 Å². The second kappa shape index (κ2) is 5.71. The van der Waals surface area contributed by atoms with Crippen LogP contribution in [-0.2, 0) is 0 Å². The lowest BCUT2D eigenvalue weighted by molar-refractivity contribution is 0.748. The van der Waals surface area contributed by atoms with E-state index >= 15 is 0 Å². The number of alkyl halides is 1. The highest BCUT2D eigenvalue weighted by Gasteiger charge is 2.31. The molecule has 0 fully saturated rings. The predicted octanol–water partition coefficient (Wildman–Crippen LogP) is 3.94. The second-order valence-electron chi connectivity index (χ2n) is 4.70. The maximum Gasteiger partial charge on any atom is 0.0997 e. The van der Waals surface area contributed by atoms with Crippen LogP contribution in [0.15, 0.2) is 30.3 Å². The van der Waals surface area contributed by atoms with Gasteiger partial charge < -0.3 is 0 Å². The molecule has 1 atom stereocenters. The minimum atomic E-state index is -1.45. The number of hydrogen-bond donors (Lipinski definition) is 0. The maximum absolute atomic E-state index is 6.55. The molecule has 1 aromatic rings. The quantitative estimate of drug-likeness (QED) is 0.540. The number of rotatable bonds is 5. The summed E-state index contributed by atoms with van der Waals surface area (Å²) < 4.78 is 0. The first kappa shape index (κ1) is 12.8. The van der Waals surface area contributed by atoms with Gasteiger partial charge in [0.25, 0.3) is 0 Å². The number of halogens is 1. The second-order valence-corrected chi connectivity index (χ2v) is 10.3. The van der Waals surface area contributed by atoms with Crippen molar-refractivity contribution in [1.29, 1.82) is 0 Å². The Morgan fingerprint density at radius 3 is 2.33 bits per heavy atom. The molecule has 0 aromatic heterocycles. The van der Waals surface area contributed by atoms with Crippen LogP contribution in [0.2, 0.25) is 13.1 Å². The Hall–Kier alpha value is -0.273. The van der Waals surface area contributed by atoms with Gasteiger partial charge in [0.1, 0.15) is 0 Å². The molecule has 1 rings (SSSR count). The van der Waals surface area contributed by atoms with Gasteiger partial charge in [0, 0.05) is 5.00 Å². The van der Waals surface area contributed by atoms with Gasteiger partial charge in [-0.1, -0.05) is 68.4 Å². The molecular formula is C13H21ClSi. The zero-order valence-corrected chi connectivity index (χ0v) is 11.7. The van der Waals surface area contributed by atoms with Gasteiger partial charge in [-0.25, -0.2) is 0 Å². The third-order valence-corrected chi connectivity index (χ3v) is 8.64. The maximum atomic E-state index is 6.55. The molecule has 15 heavy (non-hydrogen) atoms. The van der Waals surface area contributed by atoms with Crippen LogP contribution >= 0.6 is 11.6 Å². The SMILES string of the molecule is CCCCC(Cl)[Si](C)(C)c1ccccc1. The molecule has 0 heterocycles. The van der Waals surface area contributed by atoms with Gasteiger partial charge in [-0.15, -0.1) is 11.6 Å². The molecule has 1 unspecified atom stereocenters. The van der Waals surface area contributed by atoms with Gasteiger partial charge in [-0.05, 0) is 6.42 Å². The summed E-state index contributed by atoms with van der Waals surface area (Å²) in [6.45, 7) is 6.96. The van der Waals surface area contributed by atoms with Crippen molar-refractivity contribution >= 4 is 24.9 Å². The van der Waals surface area contributed by atoms with E-state index in [1.165, 1.54) is 18.0 Å². The zero-order valence-electron chi connectivity index (χ0n) is 9.96. The Bertz CT molecular complexity index is 282. The van der Waals surface area contributed by atoms with E-state index in [0.717, 1.165) is 6.42 Å². The summed E-state index contributed by atoms with van der Waals surface area (Å²) in [7, 11) is -1.45. The van der Waals surface area contributed by atoms with Crippen LogP contribution in [0.4, 0.5) is 0 Å². The third-order valence-electron chi connectivity index (χ3n) is 3.11. The summed E-state index contributed by atoms with van der Waals surface area (Å²) in [6, 6.07) is 10.8. The first-order chi connectivity index (χ1) is 7.09. The van der Waals surface area contributed by atoms with Crippen molar-refractivity contribution < 1.29 is 0 Å². The summed E-state index contributed by atoms with van der Waals surface area (Å²) in [5.41, 5.74) is 0. The summed E-state index contributed by atoms with van der Waals surface area (Å²) in [5.74, 6) is 0. The van der Waals surface area contributed by atoms with Crippen LogP contribution < -0.4 is 5.19 Å². The van der Waals surface area contributed by atoms with Crippen molar-refractivity contribution in [3.8, 4) is 0 Å². The van der Waals surface area contributed by atoms with Gasteiger partial charge in [0.15, 0.2) is 0 Å². The molecule has 0 saturated carbocycles. The van der Waals surface area contributed by atoms with E-state index in [0.29, 0.717) is 5.00 Å². The molecule has 0 amide bonds. The molecule has 0 aliphatic carbocycles. The van der Waals surface area contributed by atoms with Gasteiger partial charge in [-0.3, -0.25) is 0 Å². The first-order valence-electron chi connectivity index (χ1n) is 5.78. The van der Waals surface area contributed by atoms with E-state index < -0.39 is 8.07 Å². The molecule has 0 nitrogen and oxygen atoms in total. The number of benzene rings is 1. The minimum absolute atomic E-state index is 0.361. The zero-order chi connectivity index (χ0) is 11.3. The Morgan fingerprint density at radius 2 is 1.80 bits per heavy atom. The molecule has 0 N–H and O–H groups in total. The van der Waals surface area contributed by atoms with Crippen molar-refractivity contribution in [3.05, 3.63) is 30.3 Å². The fraction of sp³-hybridized carbons (Fsp3) is 0.538. The normalized spacial score (nSPS) is 13.9. The standard InChI is InChI=1S/C13H21ClSi/c1-4-5-11-13(14)15(2,3)12-9-7-6-8-10-12/h6-10,13H,4-5,11H2,1-3H3. The van der Waals surface area contributed by atoms with E-state index in [4.69, 9.17) is 11.6 Å².